The molecule has 0 radical (unpaired) electrons. The second-order valence-corrected chi connectivity index (χ2v) is 4.90. The van der Waals surface area contributed by atoms with Crippen LogP contribution in [0, 0.1) is 3.57 Å². The Morgan fingerprint density at radius 1 is 1.36 bits per heavy atom. The largest absolute Gasteiger partial charge is 0.397 e. The van der Waals surface area contributed by atoms with Gasteiger partial charge in [0.05, 0.1) is 5.69 Å². The molecule has 0 unspecified atom stereocenters. The molecule has 1 aromatic carbocycles. The quantitative estimate of drug-likeness (QED) is 0.622. The van der Waals surface area contributed by atoms with Crippen LogP contribution < -0.4 is 5.73 Å². The van der Waals surface area contributed by atoms with Crippen molar-refractivity contribution in [1.29, 1.82) is 0 Å². The summed E-state index contributed by atoms with van der Waals surface area (Å²) in [5.74, 6) is 0. The van der Waals surface area contributed by atoms with E-state index in [0.29, 0.717) is 11.1 Å². The van der Waals surface area contributed by atoms with Crippen LogP contribution in [0.3, 0.4) is 0 Å². The highest BCUT2D eigenvalue weighted by Crippen LogP contribution is 2.38. The zero-order valence-electron chi connectivity index (χ0n) is 6.93. The predicted molar refractivity (Wildman–Crippen MR) is 63.9 cm³/mol. The van der Waals surface area contributed by atoms with Gasteiger partial charge < -0.3 is 5.73 Å². The molecule has 0 aliphatic rings. The first-order chi connectivity index (χ1) is 6.61. The van der Waals surface area contributed by atoms with E-state index < -0.39 is 6.43 Å². The number of fused-ring (bicyclic) bond motifs is 1. The molecule has 74 valence electrons. The molecule has 2 aromatic rings. The van der Waals surface area contributed by atoms with E-state index in [9.17, 15) is 8.78 Å². The Morgan fingerprint density at radius 3 is 2.71 bits per heavy atom. The molecular formula is C9H6F2INS. The lowest BCUT2D eigenvalue weighted by atomic mass is 10.1. The molecule has 2 N–H and O–H groups in total. The molecule has 0 amide bonds. The van der Waals surface area contributed by atoms with Crippen LogP contribution >= 0.6 is 33.9 Å². The number of benzene rings is 1. The summed E-state index contributed by atoms with van der Waals surface area (Å²) in [6, 6.07) is 3.66. The van der Waals surface area contributed by atoms with Crippen LogP contribution in [0.1, 0.15) is 12.0 Å². The SMILES string of the molecule is Nc1c(I)ccc2scc(C(F)F)c12. The van der Waals surface area contributed by atoms with Crippen molar-refractivity contribution in [1.82, 2.24) is 0 Å². The Morgan fingerprint density at radius 2 is 2.07 bits per heavy atom. The molecule has 0 aliphatic heterocycles. The lowest BCUT2D eigenvalue weighted by Gasteiger charge is -2.02. The number of rotatable bonds is 1. The second kappa shape index (κ2) is 3.62. The number of nitrogens with two attached hydrogens (primary N) is 1. The van der Waals surface area contributed by atoms with Crippen LogP contribution in [0.15, 0.2) is 17.5 Å². The van der Waals surface area contributed by atoms with Gasteiger partial charge in [-0.2, -0.15) is 0 Å². The summed E-state index contributed by atoms with van der Waals surface area (Å²) >= 11 is 3.35. The van der Waals surface area contributed by atoms with E-state index >= 15 is 0 Å². The molecular weight excluding hydrogens is 319 g/mol. The van der Waals surface area contributed by atoms with Gasteiger partial charge in [0.1, 0.15) is 0 Å². The van der Waals surface area contributed by atoms with Crippen LogP contribution in [0.4, 0.5) is 14.5 Å². The highest BCUT2D eigenvalue weighted by atomic mass is 127. The Kier molecular flexibility index (Phi) is 2.61. The molecule has 2 rings (SSSR count). The van der Waals surface area contributed by atoms with Crippen LogP contribution in [-0.2, 0) is 0 Å². The van der Waals surface area contributed by atoms with E-state index in [0.717, 1.165) is 8.27 Å². The van der Waals surface area contributed by atoms with Gasteiger partial charge in [0, 0.05) is 24.6 Å². The Balaban J connectivity index is 2.82. The van der Waals surface area contributed by atoms with E-state index in [1.807, 2.05) is 34.7 Å². The lowest BCUT2D eigenvalue weighted by molar-refractivity contribution is 0.153. The van der Waals surface area contributed by atoms with Gasteiger partial charge in [0.15, 0.2) is 0 Å². The minimum atomic E-state index is -2.45. The minimum Gasteiger partial charge on any atom is -0.397 e. The molecule has 0 atom stereocenters. The molecule has 0 aliphatic carbocycles. The van der Waals surface area contributed by atoms with Crippen molar-refractivity contribution in [3.8, 4) is 0 Å². The lowest BCUT2D eigenvalue weighted by Crippen LogP contribution is -1.92. The number of thiophene rings is 1. The summed E-state index contributed by atoms with van der Waals surface area (Å²) in [6.07, 6.45) is -2.45. The van der Waals surface area contributed by atoms with E-state index in [2.05, 4.69) is 0 Å². The maximum absolute atomic E-state index is 12.6. The fourth-order valence-electron chi connectivity index (χ4n) is 1.32. The van der Waals surface area contributed by atoms with Gasteiger partial charge in [-0.3, -0.25) is 0 Å². The molecule has 0 spiro atoms. The van der Waals surface area contributed by atoms with E-state index in [4.69, 9.17) is 5.73 Å². The molecule has 0 saturated heterocycles. The molecule has 0 fully saturated rings. The molecule has 0 bridgehead atoms. The third-order valence-electron chi connectivity index (χ3n) is 1.99. The van der Waals surface area contributed by atoms with Crippen molar-refractivity contribution >= 4 is 49.7 Å². The highest BCUT2D eigenvalue weighted by molar-refractivity contribution is 14.1. The standard InChI is InChI=1S/C9H6F2INS/c10-9(11)4-3-14-6-2-1-5(12)8(13)7(4)6/h1-3,9H,13H2. The zero-order chi connectivity index (χ0) is 10.3. The number of hydrogen-bond acceptors (Lipinski definition) is 2. The van der Waals surface area contributed by atoms with Crippen molar-refractivity contribution in [2.75, 3.05) is 5.73 Å². The average molecular weight is 325 g/mol. The van der Waals surface area contributed by atoms with Crippen molar-refractivity contribution in [2.45, 2.75) is 6.43 Å². The first-order valence-corrected chi connectivity index (χ1v) is 5.80. The first-order valence-electron chi connectivity index (χ1n) is 3.84. The Labute approximate surface area is 97.1 Å². The Bertz CT molecular complexity index is 481. The van der Waals surface area contributed by atoms with Gasteiger partial charge >= 0.3 is 0 Å². The third kappa shape index (κ3) is 1.48. The van der Waals surface area contributed by atoms with Crippen LogP contribution in [-0.4, -0.2) is 0 Å². The smallest absolute Gasteiger partial charge is 0.265 e. The van der Waals surface area contributed by atoms with Gasteiger partial charge in [0.25, 0.3) is 6.43 Å². The third-order valence-corrected chi connectivity index (χ3v) is 3.90. The Hall–Kier alpha value is -0.430. The van der Waals surface area contributed by atoms with Gasteiger partial charge in [0.2, 0.25) is 0 Å². The summed E-state index contributed by atoms with van der Waals surface area (Å²) in [6.45, 7) is 0. The van der Waals surface area contributed by atoms with Crippen molar-refractivity contribution in [3.05, 3.63) is 26.6 Å². The number of hydrogen-bond donors (Lipinski definition) is 1. The zero-order valence-corrected chi connectivity index (χ0v) is 9.90. The molecule has 14 heavy (non-hydrogen) atoms. The van der Waals surface area contributed by atoms with Gasteiger partial charge in [-0.1, -0.05) is 0 Å². The van der Waals surface area contributed by atoms with Crippen molar-refractivity contribution in [3.63, 3.8) is 0 Å². The summed E-state index contributed by atoms with van der Waals surface area (Å²) in [4.78, 5) is 0. The fourth-order valence-corrected chi connectivity index (χ4v) is 2.73. The van der Waals surface area contributed by atoms with E-state index in [1.54, 1.807) is 0 Å². The minimum absolute atomic E-state index is 0.0426. The number of halogens is 3. The molecule has 5 heteroatoms. The van der Waals surface area contributed by atoms with Gasteiger partial charge in [-0.25, -0.2) is 8.78 Å². The summed E-state index contributed by atoms with van der Waals surface area (Å²) < 4.78 is 26.8. The normalized spacial score (nSPS) is 11.4. The number of anilines is 1. The summed E-state index contributed by atoms with van der Waals surface area (Å²) in [5, 5.41) is 1.98. The van der Waals surface area contributed by atoms with Crippen LogP contribution in [0.25, 0.3) is 10.1 Å². The topological polar surface area (TPSA) is 26.0 Å². The van der Waals surface area contributed by atoms with Crippen molar-refractivity contribution < 1.29 is 8.78 Å². The number of alkyl halides is 2. The van der Waals surface area contributed by atoms with Gasteiger partial charge in [-0.05, 0) is 34.7 Å². The summed E-state index contributed by atoms with van der Waals surface area (Å²) in [7, 11) is 0. The number of nitrogen functional groups attached to an aromatic ring is 1. The monoisotopic (exact) mass is 325 g/mol. The van der Waals surface area contributed by atoms with Gasteiger partial charge in [-0.15, -0.1) is 11.3 Å². The first kappa shape index (κ1) is 10.1. The predicted octanol–water partition coefficient (Wildman–Crippen LogP) is 4.03. The molecule has 1 aromatic heterocycles. The second-order valence-electron chi connectivity index (χ2n) is 2.83. The maximum atomic E-state index is 12.6. The van der Waals surface area contributed by atoms with Crippen LogP contribution in [0.2, 0.25) is 0 Å². The molecule has 0 saturated carbocycles. The van der Waals surface area contributed by atoms with E-state index in [1.165, 1.54) is 16.7 Å². The molecule has 1 nitrogen and oxygen atoms in total. The van der Waals surface area contributed by atoms with Crippen LogP contribution in [0.5, 0.6) is 0 Å². The van der Waals surface area contributed by atoms with E-state index in [-0.39, 0.29) is 5.56 Å². The highest BCUT2D eigenvalue weighted by Gasteiger charge is 2.16. The average Bonchev–Trinajstić information content (AvgIpc) is 2.55. The summed E-state index contributed by atoms with van der Waals surface area (Å²) in [5.41, 5.74) is 6.27. The fraction of sp³-hybridized carbons (Fsp3) is 0.111. The molecule has 1 heterocycles. The van der Waals surface area contributed by atoms with Crippen molar-refractivity contribution in [2.24, 2.45) is 0 Å². The maximum Gasteiger partial charge on any atom is 0.265 e.